The van der Waals surface area contributed by atoms with Crippen molar-refractivity contribution in [2.45, 2.75) is 25.6 Å². The highest BCUT2D eigenvalue weighted by molar-refractivity contribution is 5.74. The first-order valence-electron chi connectivity index (χ1n) is 5.61. The van der Waals surface area contributed by atoms with Crippen LogP contribution in [0.3, 0.4) is 0 Å². The van der Waals surface area contributed by atoms with Gasteiger partial charge in [-0.2, -0.15) is 0 Å². The molecule has 0 spiro atoms. The molecule has 0 aliphatic heterocycles. The van der Waals surface area contributed by atoms with Crippen LogP contribution in [0.1, 0.15) is 23.7 Å². The first-order valence-corrected chi connectivity index (χ1v) is 5.61. The van der Waals surface area contributed by atoms with Crippen LogP contribution in [0.4, 0.5) is 5.69 Å². The van der Waals surface area contributed by atoms with Gasteiger partial charge in [-0.05, 0) is 6.92 Å². The molecular weight excluding hydrogens is 270 g/mol. The minimum Gasteiger partial charge on any atom is -0.476 e. The van der Waals surface area contributed by atoms with Crippen molar-refractivity contribution in [2.75, 3.05) is 7.11 Å². The summed E-state index contributed by atoms with van der Waals surface area (Å²) in [6, 6.07) is 0. The summed E-state index contributed by atoms with van der Waals surface area (Å²) in [5.41, 5.74) is 4.64. The summed E-state index contributed by atoms with van der Waals surface area (Å²) >= 11 is 0. The highest BCUT2D eigenvalue weighted by Crippen LogP contribution is 2.33. The molecule has 1 amide bonds. The highest BCUT2D eigenvalue weighted by Gasteiger charge is 2.29. The molecule has 2 unspecified atom stereocenters. The molecule has 1 heterocycles. The van der Waals surface area contributed by atoms with Crippen molar-refractivity contribution in [3.63, 3.8) is 0 Å². The number of aromatic nitrogens is 1. The maximum Gasteiger partial charge on any atom is 0.334 e. The van der Waals surface area contributed by atoms with E-state index in [9.17, 15) is 25.1 Å². The molecule has 1 rings (SSSR count). The summed E-state index contributed by atoms with van der Waals surface area (Å²) < 4.78 is 4.78. The van der Waals surface area contributed by atoms with Gasteiger partial charge in [0.1, 0.15) is 6.10 Å². The van der Waals surface area contributed by atoms with E-state index in [4.69, 9.17) is 10.5 Å². The Kier molecular flexibility index (Phi) is 4.94. The lowest BCUT2D eigenvalue weighted by atomic mass is 9.98. The zero-order valence-corrected chi connectivity index (χ0v) is 10.9. The maximum absolute atomic E-state index is 11.0. The fraction of sp³-hybridized carbons (Fsp3) is 0.455. The summed E-state index contributed by atoms with van der Waals surface area (Å²) in [7, 11) is 1.23. The van der Waals surface area contributed by atoms with Crippen molar-refractivity contribution in [3.8, 4) is 5.88 Å². The van der Waals surface area contributed by atoms with Gasteiger partial charge >= 0.3 is 5.69 Å². The molecule has 4 N–H and O–H groups in total. The number of carbonyl (C=O) groups excluding carboxylic acids is 1. The number of nitrogens with zero attached hydrogens (tertiary/aromatic N) is 2. The van der Waals surface area contributed by atoms with Crippen molar-refractivity contribution in [1.82, 2.24) is 4.98 Å². The van der Waals surface area contributed by atoms with Crippen LogP contribution in [0.15, 0.2) is 6.20 Å². The molecule has 9 nitrogen and oxygen atoms in total. The van der Waals surface area contributed by atoms with Crippen LogP contribution in [-0.4, -0.2) is 39.2 Å². The Morgan fingerprint density at radius 1 is 1.60 bits per heavy atom. The van der Waals surface area contributed by atoms with Crippen molar-refractivity contribution in [3.05, 3.63) is 27.4 Å². The standard InChI is InChI=1S/C11H15N3O6/c1-5-6(10(17)7(15)3-8(12)16)4-13-11(20-2)9(5)14(18)19/h4,7,10,15,17H,3H2,1-2H3,(H2,12,16). The lowest BCUT2D eigenvalue weighted by Crippen LogP contribution is -2.26. The van der Waals surface area contributed by atoms with Gasteiger partial charge in [-0.25, -0.2) is 4.98 Å². The molecule has 0 aliphatic rings. The predicted octanol–water partition coefficient (Wildman–Crippen LogP) is -0.423. The van der Waals surface area contributed by atoms with Gasteiger partial charge in [0.05, 0.1) is 24.6 Å². The second-order valence-electron chi connectivity index (χ2n) is 4.14. The van der Waals surface area contributed by atoms with Crippen molar-refractivity contribution < 1.29 is 24.7 Å². The van der Waals surface area contributed by atoms with Crippen LogP contribution >= 0.6 is 0 Å². The number of carbonyl (C=O) groups is 1. The number of pyridine rings is 1. The third kappa shape index (κ3) is 3.19. The van der Waals surface area contributed by atoms with Crippen LogP contribution in [0.5, 0.6) is 5.88 Å². The Morgan fingerprint density at radius 3 is 2.65 bits per heavy atom. The first-order chi connectivity index (χ1) is 9.29. The number of aliphatic hydroxyl groups is 2. The molecule has 1 aromatic rings. The van der Waals surface area contributed by atoms with E-state index in [1.54, 1.807) is 0 Å². The highest BCUT2D eigenvalue weighted by atomic mass is 16.6. The van der Waals surface area contributed by atoms with E-state index in [1.165, 1.54) is 14.0 Å². The Balaban J connectivity index is 3.23. The molecule has 0 bridgehead atoms. The van der Waals surface area contributed by atoms with E-state index in [1.807, 2.05) is 0 Å². The summed E-state index contributed by atoms with van der Waals surface area (Å²) in [5.74, 6) is -1.00. The van der Waals surface area contributed by atoms with E-state index in [2.05, 4.69) is 4.98 Å². The van der Waals surface area contributed by atoms with Gasteiger partial charge in [0.25, 0.3) is 5.88 Å². The number of hydrogen-bond donors (Lipinski definition) is 3. The smallest absolute Gasteiger partial charge is 0.334 e. The van der Waals surface area contributed by atoms with Crippen molar-refractivity contribution in [1.29, 1.82) is 0 Å². The molecule has 1 aromatic heterocycles. The Hall–Kier alpha value is -2.26. The minimum atomic E-state index is -1.51. The molecule has 9 heteroatoms. The molecule has 110 valence electrons. The number of nitrogens with two attached hydrogens (primary N) is 1. The molecule has 2 atom stereocenters. The molecular formula is C11H15N3O6. The number of amides is 1. The average molecular weight is 285 g/mol. The number of primary amides is 1. The number of nitro groups is 1. The quantitative estimate of drug-likeness (QED) is 0.474. The summed E-state index contributed by atoms with van der Waals surface area (Å²) in [6.07, 6.45) is -2.31. The van der Waals surface area contributed by atoms with Gasteiger partial charge in [-0.1, -0.05) is 0 Å². The van der Waals surface area contributed by atoms with Gasteiger partial charge in [-0.15, -0.1) is 0 Å². The second kappa shape index (κ2) is 6.26. The zero-order valence-electron chi connectivity index (χ0n) is 10.9. The predicted molar refractivity (Wildman–Crippen MR) is 67.0 cm³/mol. The van der Waals surface area contributed by atoms with Crippen LogP contribution in [-0.2, 0) is 4.79 Å². The monoisotopic (exact) mass is 285 g/mol. The van der Waals surface area contributed by atoms with E-state index in [-0.39, 0.29) is 17.0 Å². The van der Waals surface area contributed by atoms with E-state index < -0.39 is 35.1 Å². The lowest BCUT2D eigenvalue weighted by molar-refractivity contribution is -0.386. The average Bonchev–Trinajstić information content (AvgIpc) is 2.36. The van der Waals surface area contributed by atoms with E-state index in [0.29, 0.717) is 0 Å². The summed E-state index contributed by atoms with van der Waals surface area (Å²) in [6.45, 7) is 1.39. The number of hydrogen-bond acceptors (Lipinski definition) is 7. The largest absolute Gasteiger partial charge is 0.476 e. The third-order valence-corrected chi connectivity index (χ3v) is 2.78. The lowest BCUT2D eigenvalue weighted by Gasteiger charge is -2.18. The summed E-state index contributed by atoms with van der Waals surface area (Å²) in [4.78, 5) is 24.7. The van der Waals surface area contributed by atoms with Crippen molar-refractivity contribution in [2.24, 2.45) is 5.73 Å². The van der Waals surface area contributed by atoms with Crippen LogP contribution in [0.25, 0.3) is 0 Å². The Labute approximate surface area is 114 Å². The number of rotatable bonds is 6. The van der Waals surface area contributed by atoms with Gasteiger partial charge < -0.3 is 20.7 Å². The maximum atomic E-state index is 11.0. The molecule has 0 radical (unpaired) electrons. The molecule has 0 aliphatic carbocycles. The number of aliphatic hydroxyl groups excluding tert-OH is 2. The Morgan fingerprint density at radius 2 is 2.20 bits per heavy atom. The molecule has 0 fully saturated rings. The minimum absolute atomic E-state index is 0.0336. The number of methoxy groups -OCH3 is 1. The normalized spacial score (nSPS) is 13.6. The second-order valence-corrected chi connectivity index (χ2v) is 4.14. The third-order valence-electron chi connectivity index (χ3n) is 2.78. The molecule has 0 aromatic carbocycles. The topological polar surface area (TPSA) is 149 Å². The van der Waals surface area contributed by atoms with Gasteiger partial charge in [0.15, 0.2) is 0 Å². The fourth-order valence-corrected chi connectivity index (χ4v) is 1.77. The zero-order chi connectivity index (χ0) is 15.4. The first kappa shape index (κ1) is 15.8. The van der Waals surface area contributed by atoms with Crippen LogP contribution < -0.4 is 10.5 Å². The molecule has 20 heavy (non-hydrogen) atoms. The van der Waals surface area contributed by atoms with Crippen LogP contribution in [0.2, 0.25) is 0 Å². The fourth-order valence-electron chi connectivity index (χ4n) is 1.77. The number of ether oxygens (including phenoxy) is 1. The molecule has 0 saturated carbocycles. The van der Waals surface area contributed by atoms with Gasteiger partial charge in [-0.3, -0.25) is 14.9 Å². The van der Waals surface area contributed by atoms with E-state index >= 15 is 0 Å². The van der Waals surface area contributed by atoms with Crippen molar-refractivity contribution >= 4 is 11.6 Å². The molecule has 0 saturated heterocycles. The van der Waals surface area contributed by atoms with Crippen LogP contribution in [0, 0.1) is 17.0 Å². The Bertz CT molecular complexity index is 533. The van der Waals surface area contributed by atoms with Gasteiger partial charge in [0, 0.05) is 17.3 Å². The SMILES string of the molecule is COc1ncc(C(O)C(O)CC(N)=O)c(C)c1[N+](=O)[O-]. The summed E-state index contributed by atoms with van der Waals surface area (Å²) in [5, 5.41) is 30.6. The van der Waals surface area contributed by atoms with Gasteiger partial charge in [0.2, 0.25) is 5.91 Å². The van der Waals surface area contributed by atoms with E-state index in [0.717, 1.165) is 6.20 Å².